The van der Waals surface area contributed by atoms with Crippen molar-refractivity contribution in [2.24, 2.45) is 0 Å². The molecule has 1 aliphatic rings. The molecule has 1 fully saturated rings. The molecule has 3 amide bonds. The van der Waals surface area contributed by atoms with E-state index in [9.17, 15) is 14.4 Å². The largest absolute Gasteiger partial charge is 0.325 e. The van der Waals surface area contributed by atoms with Crippen molar-refractivity contribution in [3.05, 3.63) is 58.3 Å². The summed E-state index contributed by atoms with van der Waals surface area (Å²) in [6.07, 6.45) is 0. The van der Waals surface area contributed by atoms with Crippen LogP contribution in [0, 0.1) is 0 Å². The van der Waals surface area contributed by atoms with E-state index in [2.05, 4.69) is 5.32 Å². The zero-order valence-corrected chi connectivity index (χ0v) is 11.8. The normalized spacial score (nSPS) is 17.9. The van der Waals surface area contributed by atoms with Gasteiger partial charge in [-0.15, -0.1) is 11.3 Å². The first-order valence-corrected chi connectivity index (χ1v) is 7.28. The average Bonchev–Trinajstić information content (AvgIpc) is 3.12. The molecular weight excluding hydrogens is 288 g/mol. The number of carbonyl (C=O) groups excluding carboxylic acids is 3. The molecule has 0 spiro atoms. The van der Waals surface area contributed by atoms with Gasteiger partial charge in [-0.2, -0.15) is 0 Å². The summed E-state index contributed by atoms with van der Waals surface area (Å²) in [4.78, 5) is 37.8. The average molecular weight is 300 g/mol. The van der Waals surface area contributed by atoms with Gasteiger partial charge in [0.15, 0.2) is 5.78 Å². The maximum Gasteiger partial charge on any atom is 0.325 e. The van der Waals surface area contributed by atoms with Gasteiger partial charge in [-0.25, -0.2) is 4.79 Å². The first-order valence-electron chi connectivity index (χ1n) is 6.40. The van der Waals surface area contributed by atoms with Crippen molar-refractivity contribution in [2.45, 2.75) is 6.04 Å². The van der Waals surface area contributed by atoms with Gasteiger partial charge in [-0.05, 0) is 17.0 Å². The van der Waals surface area contributed by atoms with E-state index in [1.54, 1.807) is 41.8 Å². The van der Waals surface area contributed by atoms with Crippen molar-refractivity contribution in [1.29, 1.82) is 0 Å². The number of carbonyl (C=O) groups is 3. The number of ketones is 1. The summed E-state index contributed by atoms with van der Waals surface area (Å²) in [5.41, 5.74) is 0.710. The highest BCUT2D eigenvalue weighted by Gasteiger charge is 2.39. The van der Waals surface area contributed by atoms with Crippen LogP contribution in [0.2, 0.25) is 0 Å². The third-order valence-electron chi connectivity index (χ3n) is 3.26. The summed E-state index contributed by atoms with van der Waals surface area (Å²) in [7, 11) is 0. The second-order valence-corrected chi connectivity index (χ2v) is 5.57. The molecule has 1 aromatic carbocycles. The minimum absolute atomic E-state index is 0.228. The maximum absolute atomic E-state index is 12.3. The first-order chi connectivity index (χ1) is 10.2. The Balaban J connectivity index is 1.77. The number of thiophene rings is 1. The van der Waals surface area contributed by atoms with Crippen molar-refractivity contribution in [1.82, 2.24) is 10.2 Å². The molecule has 6 heteroatoms. The Morgan fingerprint density at radius 3 is 2.57 bits per heavy atom. The van der Waals surface area contributed by atoms with Gasteiger partial charge in [-0.3, -0.25) is 14.5 Å². The van der Waals surface area contributed by atoms with Crippen LogP contribution in [0.5, 0.6) is 0 Å². The summed E-state index contributed by atoms with van der Waals surface area (Å²) in [6.45, 7) is -0.228. The Morgan fingerprint density at radius 2 is 1.90 bits per heavy atom. The van der Waals surface area contributed by atoms with Gasteiger partial charge in [0.05, 0.1) is 11.4 Å². The fraction of sp³-hybridized carbons (Fsp3) is 0.133. The lowest BCUT2D eigenvalue weighted by Crippen LogP contribution is -2.35. The molecule has 0 bridgehead atoms. The smallest absolute Gasteiger partial charge is 0.322 e. The van der Waals surface area contributed by atoms with Crippen LogP contribution in [0.1, 0.15) is 21.3 Å². The number of benzene rings is 1. The Kier molecular flexibility index (Phi) is 3.53. The van der Waals surface area contributed by atoms with Crippen LogP contribution in [0.15, 0.2) is 47.8 Å². The van der Waals surface area contributed by atoms with Gasteiger partial charge in [0.25, 0.3) is 5.91 Å². The molecule has 1 aliphatic heterocycles. The summed E-state index contributed by atoms with van der Waals surface area (Å²) < 4.78 is 0. The number of amides is 3. The molecule has 5 nitrogen and oxygen atoms in total. The number of Topliss-reactive ketones (excluding diaryl/α,β-unsaturated/α-hetero) is 1. The predicted octanol–water partition coefficient (Wildman–Crippen LogP) is 2.22. The number of urea groups is 1. The van der Waals surface area contributed by atoms with Crippen LogP contribution in [-0.2, 0) is 4.79 Å². The number of imide groups is 1. The van der Waals surface area contributed by atoms with Crippen molar-refractivity contribution >= 4 is 29.1 Å². The summed E-state index contributed by atoms with van der Waals surface area (Å²) in [5, 5.41) is 4.39. The van der Waals surface area contributed by atoms with E-state index in [4.69, 9.17) is 0 Å². The van der Waals surface area contributed by atoms with Gasteiger partial charge in [-0.1, -0.05) is 36.4 Å². The highest BCUT2D eigenvalue weighted by atomic mass is 32.1. The minimum Gasteiger partial charge on any atom is -0.322 e. The van der Waals surface area contributed by atoms with E-state index in [0.717, 1.165) is 4.90 Å². The quantitative estimate of drug-likeness (QED) is 0.695. The van der Waals surface area contributed by atoms with Crippen molar-refractivity contribution in [3.8, 4) is 0 Å². The van der Waals surface area contributed by atoms with E-state index in [-0.39, 0.29) is 12.3 Å². The molecule has 1 atom stereocenters. The number of hydrogen-bond acceptors (Lipinski definition) is 4. The number of hydrogen-bond donors (Lipinski definition) is 1. The van der Waals surface area contributed by atoms with Crippen molar-refractivity contribution < 1.29 is 14.4 Å². The maximum atomic E-state index is 12.3. The van der Waals surface area contributed by atoms with Crippen LogP contribution >= 0.6 is 11.3 Å². The summed E-state index contributed by atoms with van der Waals surface area (Å²) in [6, 6.07) is 11.2. The second-order valence-electron chi connectivity index (χ2n) is 4.62. The topological polar surface area (TPSA) is 66.5 Å². The Bertz CT molecular complexity index is 682. The lowest BCUT2D eigenvalue weighted by atomic mass is 10.1. The van der Waals surface area contributed by atoms with E-state index in [1.165, 1.54) is 11.3 Å². The predicted molar refractivity (Wildman–Crippen MR) is 78.1 cm³/mol. The van der Waals surface area contributed by atoms with Crippen LogP contribution in [0.4, 0.5) is 4.79 Å². The van der Waals surface area contributed by atoms with Crippen molar-refractivity contribution in [2.75, 3.05) is 6.54 Å². The summed E-state index contributed by atoms with van der Waals surface area (Å²) in [5.74, 6) is -0.627. The minimum atomic E-state index is -0.713. The molecule has 106 valence electrons. The molecule has 2 aromatic rings. The van der Waals surface area contributed by atoms with E-state index in [0.29, 0.717) is 10.4 Å². The molecule has 1 aromatic heterocycles. The molecule has 0 aliphatic carbocycles. The van der Waals surface area contributed by atoms with Gasteiger partial charge >= 0.3 is 6.03 Å². The molecule has 1 unspecified atom stereocenters. The Hall–Kier alpha value is -2.47. The number of nitrogens with zero attached hydrogens (tertiary/aromatic N) is 1. The van der Waals surface area contributed by atoms with E-state index in [1.807, 2.05) is 6.07 Å². The highest BCUT2D eigenvalue weighted by molar-refractivity contribution is 7.12. The molecule has 1 saturated heterocycles. The third-order valence-corrected chi connectivity index (χ3v) is 4.17. The molecule has 21 heavy (non-hydrogen) atoms. The number of rotatable bonds is 4. The van der Waals surface area contributed by atoms with Gasteiger partial charge in [0.2, 0.25) is 0 Å². The van der Waals surface area contributed by atoms with E-state index < -0.39 is 18.0 Å². The van der Waals surface area contributed by atoms with Crippen molar-refractivity contribution in [3.63, 3.8) is 0 Å². The van der Waals surface area contributed by atoms with Gasteiger partial charge < -0.3 is 5.32 Å². The molecular formula is C15H12N2O3S. The Morgan fingerprint density at radius 1 is 1.14 bits per heavy atom. The fourth-order valence-corrected chi connectivity index (χ4v) is 2.86. The first kappa shape index (κ1) is 13.5. The molecule has 0 saturated carbocycles. The van der Waals surface area contributed by atoms with E-state index >= 15 is 0 Å². The van der Waals surface area contributed by atoms with Crippen LogP contribution in [-0.4, -0.2) is 29.2 Å². The summed E-state index contributed by atoms with van der Waals surface area (Å²) >= 11 is 1.29. The highest BCUT2D eigenvalue weighted by Crippen LogP contribution is 2.22. The van der Waals surface area contributed by atoms with Gasteiger partial charge in [0, 0.05) is 0 Å². The fourth-order valence-electron chi connectivity index (χ4n) is 2.20. The Labute approximate surface area is 125 Å². The molecule has 0 radical (unpaired) electrons. The van der Waals surface area contributed by atoms with Crippen LogP contribution in [0.25, 0.3) is 0 Å². The van der Waals surface area contributed by atoms with Gasteiger partial charge in [0.1, 0.15) is 6.04 Å². The molecule has 3 rings (SSSR count). The second kappa shape index (κ2) is 5.49. The monoisotopic (exact) mass is 300 g/mol. The third kappa shape index (κ3) is 2.57. The number of nitrogens with one attached hydrogen (secondary N) is 1. The molecule has 2 heterocycles. The van der Waals surface area contributed by atoms with Crippen LogP contribution in [0.3, 0.4) is 0 Å². The lowest BCUT2D eigenvalue weighted by molar-refractivity contribution is -0.127. The zero-order chi connectivity index (χ0) is 14.8. The SMILES string of the molecule is O=C(CN1C(=O)NC(c2ccccc2)C1=O)c1cccs1. The zero-order valence-electron chi connectivity index (χ0n) is 11.0. The van der Waals surface area contributed by atoms with Crippen LogP contribution < -0.4 is 5.32 Å². The lowest BCUT2D eigenvalue weighted by Gasteiger charge is -2.11. The molecule has 1 N–H and O–H groups in total. The standard InChI is InChI=1S/C15H12N2O3S/c18-11(12-7-4-8-21-12)9-17-14(19)13(16-15(17)20)10-5-2-1-3-6-10/h1-8,13H,9H2,(H,16,20).